The smallest absolute Gasteiger partial charge is 0.416 e. The first-order valence-corrected chi connectivity index (χ1v) is 7.89. The summed E-state index contributed by atoms with van der Waals surface area (Å²) in [5, 5.41) is 0. The van der Waals surface area contributed by atoms with E-state index in [0.29, 0.717) is 17.1 Å². The predicted molar refractivity (Wildman–Crippen MR) is 91.3 cm³/mol. The van der Waals surface area contributed by atoms with Gasteiger partial charge in [0.15, 0.2) is 0 Å². The minimum Gasteiger partial charge on any atom is -0.463 e. The van der Waals surface area contributed by atoms with Crippen molar-refractivity contribution in [3.8, 4) is 11.4 Å². The normalized spacial score (nSPS) is 12.0. The molecule has 0 N–H and O–H groups in total. The van der Waals surface area contributed by atoms with Crippen LogP contribution in [-0.2, 0) is 15.7 Å². The van der Waals surface area contributed by atoms with Crippen LogP contribution in [0.3, 0.4) is 0 Å². The van der Waals surface area contributed by atoms with Crippen LogP contribution >= 0.6 is 0 Å². The van der Waals surface area contributed by atoms with Gasteiger partial charge in [0.2, 0.25) is 0 Å². The average molecular weight is 360 g/mol. The van der Waals surface area contributed by atoms with Crippen molar-refractivity contribution in [2.75, 3.05) is 6.61 Å². The Bertz CT molecular complexity index is 957. The fraction of sp³-hybridized carbons (Fsp3) is 0.158. The summed E-state index contributed by atoms with van der Waals surface area (Å²) in [6.45, 7) is 1.98. The van der Waals surface area contributed by atoms with E-state index in [9.17, 15) is 18.0 Å². The molecule has 7 heteroatoms. The van der Waals surface area contributed by atoms with Crippen molar-refractivity contribution < 1.29 is 22.7 Å². The fourth-order valence-corrected chi connectivity index (χ4v) is 2.53. The second-order valence-corrected chi connectivity index (χ2v) is 5.44. The number of pyridine rings is 1. The number of nitrogens with zero attached hydrogens (tertiary/aromatic N) is 2. The number of carbonyl (C=O) groups is 1. The molecule has 0 aliphatic rings. The van der Waals surface area contributed by atoms with E-state index < -0.39 is 17.7 Å². The molecule has 0 saturated heterocycles. The third kappa shape index (κ3) is 3.61. The number of benzene rings is 1. The van der Waals surface area contributed by atoms with E-state index in [4.69, 9.17) is 4.74 Å². The fourth-order valence-electron chi connectivity index (χ4n) is 2.53. The van der Waals surface area contributed by atoms with Crippen molar-refractivity contribution in [3.05, 3.63) is 66.0 Å². The molecule has 0 spiro atoms. The Morgan fingerprint density at radius 1 is 1.19 bits per heavy atom. The number of carbonyl (C=O) groups excluding carboxylic acids is 1. The van der Waals surface area contributed by atoms with Crippen LogP contribution in [0.1, 0.15) is 18.2 Å². The molecule has 0 saturated carbocycles. The summed E-state index contributed by atoms with van der Waals surface area (Å²) >= 11 is 0. The molecule has 2 aromatic heterocycles. The molecular weight excluding hydrogens is 345 g/mol. The summed E-state index contributed by atoms with van der Waals surface area (Å²) < 4.78 is 44.8. The Morgan fingerprint density at radius 2 is 1.92 bits per heavy atom. The van der Waals surface area contributed by atoms with Crippen molar-refractivity contribution in [2.24, 2.45) is 0 Å². The molecular formula is C19H15F3N2O2. The maximum Gasteiger partial charge on any atom is 0.416 e. The molecule has 0 aliphatic carbocycles. The van der Waals surface area contributed by atoms with Gasteiger partial charge >= 0.3 is 12.1 Å². The predicted octanol–water partition coefficient (Wildman–Crippen LogP) is 4.60. The Balaban J connectivity index is 2.03. The van der Waals surface area contributed by atoms with Gasteiger partial charge in [-0.2, -0.15) is 13.2 Å². The summed E-state index contributed by atoms with van der Waals surface area (Å²) in [4.78, 5) is 16.0. The van der Waals surface area contributed by atoms with Crippen LogP contribution in [0.15, 0.2) is 54.7 Å². The van der Waals surface area contributed by atoms with E-state index in [1.165, 1.54) is 24.3 Å². The number of aromatic nitrogens is 2. The number of hydrogen-bond acceptors (Lipinski definition) is 3. The van der Waals surface area contributed by atoms with Gasteiger partial charge in [0.05, 0.1) is 23.4 Å². The van der Waals surface area contributed by atoms with E-state index in [1.807, 2.05) is 12.1 Å². The average Bonchev–Trinajstić information content (AvgIpc) is 2.98. The summed E-state index contributed by atoms with van der Waals surface area (Å²) in [5.41, 5.74) is 1.07. The maximum absolute atomic E-state index is 12.7. The summed E-state index contributed by atoms with van der Waals surface area (Å²) in [6, 6.07) is 10.2. The van der Waals surface area contributed by atoms with Crippen LogP contribution in [0.4, 0.5) is 13.2 Å². The summed E-state index contributed by atoms with van der Waals surface area (Å²) in [7, 11) is 0. The van der Waals surface area contributed by atoms with Gasteiger partial charge in [-0.25, -0.2) is 9.78 Å². The van der Waals surface area contributed by atoms with Crippen LogP contribution in [0.5, 0.6) is 0 Å². The van der Waals surface area contributed by atoms with E-state index >= 15 is 0 Å². The molecule has 0 aliphatic heterocycles. The van der Waals surface area contributed by atoms with Crippen molar-refractivity contribution >= 4 is 17.6 Å². The Morgan fingerprint density at radius 3 is 2.58 bits per heavy atom. The topological polar surface area (TPSA) is 43.6 Å². The molecule has 0 radical (unpaired) electrons. The highest BCUT2D eigenvalue weighted by Crippen LogP contribution is 2.31. The number of halogens is 3. The molecule has 134 valence electrons. The lowest BCUT2D eigenvalue weighted by Gasteiger charge is -2.07. The number of fused-ring (bicyclic) bond motifs is 1. The van der Waals surface area contributed by atoms with Gasteiger partial charge in [-0.1, -0.05) is 18.2 Å². The minimum absolute atomic E-state index is 0.268. The molecule has 4 nitrogen and oxygen atoms in total. The van der Waals surface area contributed by atoms with E-state index in [-0.39, 0.29) is 6.61 Å². The molecule has 26 heavy (non-hydrogen) atoms. The van der Waals surface area contributed by atoms with Crippen LogP contribution in [-0.4, -0.2) is 22.0 Å². The van der Waals surface area contributed by atoms with Gasteiger partial charge in [0.1, 0.15) is 5.82 Å². The highest BCUT2D eigenvalue weighted by atomic mass is 19.4. The highest BCUT2D eigenvalue weighted by molar-refractivity contribution is 5.88. The number of ether oxygens (including phenoxy) is 1. The number of rotatable bonds is 4. The second-order valence-electron chi connectivity index (χ2n) is 5.44. The van der Waals surface area contributed by atoms with Crippen LogP contribution in [0, 0.1) is 0 Å². The number of alkyl halides is 3. The summed E-state index contributed by atoms with van der Waals surface area (Å²) in [6.07, 6.45) is 0.175. The molecule has 3 rings (SSSR count). The Hall–Kier alpha value is -3.09. The van der Waals surface area contributed by atoms with Crippen molar-refractivity contribution in [1.29, 1.82) is 0 Å². The Labute approximate surface area is 147 Å². The van der Waals surface area contributed by atoms with E-state index in [1.54, 1.807) is 23.6 Å². The van der Waals surface area contributed by atoms with Gasteiger partial charge in [0, 0.05) is 17.8 Å². The third-order valence-electron chi connectivity index (χ3n) is 3.71. The van der Waals surface area contributed by atoms with Crippen molar-refractivity contribution in [1.82, 2.24) is 9.38 Å². The van der Waals surface area contributed by atoms with E-state index in [0.717, 1.165) is 17.6 Å². The minimum atomic E-state index is -4.39. The molecule has 0 atom stereocenters. The number of imidazole rings is 1. The molecule has 0 amide bonds. The lowest BCUT2D eigenvalue weighted by atomic mass is 10.1. The lowest BCUT2D eigenvalue weighted by molar-refractivity contribution is -0.138. The van der Waals surface area contributed by atoms with Gasteiger partial charge in [0.25, 0.3) is 0 Å². The second kappa shape index (κ2) is 7.03. The zero-order chi connectivity index (χ0) is 18.7. The van der Waals surface area contributed by atoms with Crippen LogP contribution < -0.4 is 0 Å². The monoisotopic (exact) mass is 360 g/mol. The standard InChI is InChI=1S/C19H15F3N2O2/c1-2-26-17(25)11-10-15-16-5-3-4-12-24(16)18(23-15)13-6-8-14(9-7-13)19(20,21)22/h3-12H,2H2,1H3/b11-10+. The lowest BCUT2D eigenvalue weighted by Crippen LogP contribution is -2.04. The zero-order valence-electron chi connectivity index (χ0n) is 13.8. The first kappa shape index (κ1) is 17.7. The number of hydrogen-bond donors (Lipinski definition) is 0. The van der Waals surface area contributed by atoms with Crippen molar-refractivity contribution in [3.63, 3.8) is 0 Å². The molecule has 3 aromatic rings. The maximum atomic E-state index is 12.7. The van der Waals surface area contributed by atoms with E-state index in [2.05, 4.69) is 4.98 Å². The first-order valence-electron chi connectivity index (χ1n) is 7.89. The molecule has 0 bridgehead atoms. The molecule has 1 aromatic carbocycles. The van der Waals surface area contributed by atoms with Gasteiger partial charge in [-0.15, -0.1) is 0 Å². The molecule has 0 unspecified atom stereocenters. The van der Waals surface area contributed by atoms with Crippen molar-refractivity contribution in [2.45, 2.75) is 13.1 Å². The molecule has 2 heterocycles. The van der Waals surface area contributed by atoms with Gasteiger partial charge < -0.3 is 4.74 Å². The quantitative estimate of drug-likeness (QED) is 0.505. The summed E-state index contributed by atoms with van der Waals surface area (Å²) in [5.74, 6) is -0.00139. The molecule has 0 fully saturated rings. The van der Waals surface area contributed by atoms with Gasteiger partial charge in [-0.05, 0) is 37.3 Å². The third-order valence-corrected chi connectivity index (χ3v) is 3.71. The highest BCUT2D eigenvalue weighted by Gasteiger charge is 2.30. The van der Waals surface area contributed by atoms with Gasteiger partial charge in [-0.3, -0.25) is 4.40 Å². The number of esters is 1. The SMILES string of the molecule is CCOC(=O)/C=C/c1nc(-c2ccc(C(F)(F)F)cc2)n2ccccc12. The largest absolute Gasteiger partial charge is 0.463 e. The zero-order valence-corrected chi connectivity index (χ0v) is 13.8. The van der Waals surface area contributed by atoms with Crippen LogP contribution in [0.2, 0.25) is 0 Å². The first-order chi connectivity index (χ1) is 12.4. The van der Waals surface area contributed by atoms with Crippen LogP contribution in [0.25, 0.3) is 23.0 Å². The Kier molecular flexibility index (Phi) is 4.79.